The molecule has 0 aliphatic rings. The molecule has 0 saturated carbocycles. The molecule has 0 aliphatic carbocycles. The molecule has 0 fully saturated rings. The van der Waals surface area contributed by atoms with Crippen molar-refractivity contribution in [1.82, 2.24) is 4.98 Å². The van der Waals surface area contributed by atoms with Crippen LogP contribution in [-0.2, 0) is 0 Å². The van der Waals surface area contributed by atoms with Gasteiger partial charge in [0.15, 0.2) is 0 Å². The molecule has 2 N–H and O–H groups in total. The van der Waals surface area contributed by atoms with Gasteiger partial charge in [-0.05, 0) is 61.9 Å². The molecule has 0 spiro atoms. The molecule has 26 heavy (non-hydrogen) atoms. The van der Waals surface area contributed by atoms with Gasteiger partial charge in [-0.3, -0.25) is 4.79 Å². The lowest BCUT2D eigenvalue weighted by atomic mass is 10.1. The molecule has 0 aliphatic heterocycles. The van der Waals surface area contributed by atoms with Gasteiger partial charge in [-0.2, -0.15) is 0 Å². The quantitative estimate of drug-likeness (QED) is 0.605. The molecule has 1 heterocycles. The number of para-hydroxylation sites is 1. The number of nitrogens with zero attached hydrogens (tertiary/aromatic N) is 2. The number of anilines is 2. The number of rotatable bonds is 5. The van der Waals surface area contributed by atoms with Crippen LogP contribution in [-0.4, -0.2) is 10.9 Å². The van der Waals surface area contributed by atoms with E-state index in [0.29, 0.717) is 17.1 Å². The van der Waals surface area contributed by atoms with Crippen LogP contribution < -0.4 is 10.1 Å². The van der Waals surface area contributed by atoms with Gasteiger partial charge in [-0.25, -0.2) is 10.5 Å². The van der Waals surface area contributed by atoms with E-state index in [9.17, 15) is 4.79 Å². The number of hydrogen-bond acceptors (Lipinski definition) is 5. The van der Waals surface area contributed by atoms with E-state index in [1.54, 1.807) is 13.0 Å². The zero-order valence-electron chi connectivity index (χ0n) is 14.5. The van der Waals surface area contributed by atoms with Gasteiger partial charge < -0.3 is 10.1 Å². The minimum atomic E-state index is -0.624. The predicted molar refractivity (Wildman–Crippen MR) is 99.4 cm³/mol. The van der Waals surface area contributed by atoms with E-state index in [4.69, 9.17) is 10.3 Å². The summed E-state index contributed by atoms with van der Waals surface area (Å²) in [5.74, 6) is 1.23. The number of pyridine rings is 1. The third-order valence-electron chi connectivity index (χ3n) is 3.76. The molecule has 1 amide bonds. The first-order valence-corrected chi connectivity index (χ1v) is 8.07. The van der Waals surface area contributed by atoms with Crippen LogP contribution in [0, 0.1) is 19.4 Å². The van der Waals surface area contributed by atoms with Gasteiger partial charge in [0, 0.05) is 11.4 Å². The Balaban J connectivity index is 1.83. The van der Waals surface area contributed by atoms with E-state index in [1.165, 1.54) is 0 Å². The maximum Gasteiger partial charge on any atom is 0.298 e. The van der Waals surface area contributed by atoms with Crippen molar-refractivity contribution in [3.8, 4) is 11.5 Å². The van der Waals surface area contributed by atoms with Crippen LogP contribution in [0.5, 0.6) is 11.5 Å². The van der Waals surface area contributed by atoms with Gasteiger partial charge in [0.25, 0.3) is 5.91 Å². The van der Waals surface area contributed by atoms with Gasteiger partial charge in [0.05, 0.1) is 5.56 Å². The van der Waals surface area contributed by atoms with Crippen LogP contribution in [0.2, 0.25) is 0 Å². The topological polar surface area (TPSA) is 87.4 Å². The molecule has 0 unspecified atom stereocenters. The Morgan fingerprint density at radius 3 is 2.35 bits per heavy atom. The highest BCUT2D eigenvalue weighted by molar-refractivity contribution is 6.01. The zero-order chi connectivity index (χ0) is 18.5. The van der Waals surface area contributed by atoms with E-state index in [0.717, 1.165) is 22.7 Å². The summed E-state index contributed by atoms with van der Waals surface area (Å²) in [5, 5.41) is 6.15. The zero-order valence-corrected chi connectivity index (χ0v) is 14.5. The molecule has 2 aromatic carbocycles. The van der Waals surface area contributed by atoms with Crippen molar-refractivity contribution in [1.29, 1.82) is 5.53 Å². The monoisotopic (exact) mass is 346 g/mol. The standard InChI is InChI=1S/C20H18N4O2/c1-13-12-14(2)22-19(18(13)20(25)24-21)23-15-8-10-17(11-9-15)26-16-6-4-3-5-7-16/h3-12,21H,1-2H3,(H,22,23). The second-order valence-electron chi connectivity index (χ2n) is 5.79. The largest absolute Gasteiger partial charge is 0.457 e. The molecule has 0 bridgehead atoms. The van der Waals surface area contributed by atoms with Crippen molar-refractivity contribution in [2.24, 2.45) is 5.11 Å². The molecule has 0 saturated heterocycles. The van der Waals surface area contributed by atoms with Crippen LogP contribution in [0.25, 0.3) is 0 Å². The van der Waals surface area contributed by atoms with E-state index in [-0.39, 0.29) is 0 Å². The SMILES string of the molecule is Cc1cc(C)c(C(=O)N=N)c(Nc2ccc(Oc3ccccc3)cc2)n1. The van der Waals surface area contributed by atoms with E-state index in [1.807, 2.05) is 61.5 Å². The van der Waals surface area contributed by atoms with Crippen molar-refractivity contribution in [3.63, 3.8) is 0 Å². The molecule has 0 atom stereocenters. The van der Waals surface area contributed by atoms with Gasteiger partial charge in [0.1, 0.15) is 17.3 Å². The smallest absolute Gasteiger partial charge is 0.298 e. The number of amides is 1. The van der Waals surface area contributed by atoms with Crippen LogP contribution in [0.4, 0.5) is 11.5 Å². The maximum absolute atomic E-state index is 12.0. The number of carbonyl (C=O) groups excluding carboxylic acids is 1. The van der Waals surface area contributed by atoms with E-state index >= 15 is 0 Å². The van der Waals surface area contributed by atoms with Gasteiger partial charge in [-0.1, -0.05) is 18.2 Å². The summed E-state index contributed by atoms with van der Waals surface area (Å²) in [6.45, 7) is 3.65. The van der Waals surface area contributed by atoms with Crippen LogP contribution in [0.15, 0.2) is 65.8 Å². The van der Waals surface area contributed by atoms with Crippen molar-refractivity contribution in [2.45, 2.75) is 13.8 Å². The van der Waals surface area contributed by atoms with Crippen molar-refractivity contribution in [2.75, 3.05) is 5.32 Å². The lowest BCUT2D eigenvalue weighted by Crippen LogP contribution is -2.07. The third-order valence-corrected chi connectivity index (χ3v) is 3.76. The summed E-state index contributed by atoms with van der Waals surface area (Å²) >= 11 is 0. The molecule has 3 aromatic rings. The summed E-state index contributed by atoms with van der Waals surface area (Å²) in [6, 6.07) is 18.6. The maximum atomic E-state index is 12.0. The van der Waals surface area contributed by atoms with Crippen molar-refractivity contribution in [3.05, 3.63) is 77.5 Å². The Bertz CT molecular complexity index is 938. The molecular weight excluding hydrogens is 328 g/mol. The molecular formula is C20H18N4O2. The Labute approximate surface area is 151 Å². The molecule has 1 aromatic heterocycles. The molecule has 130 valence electrons. The van der Waals surface area contributed by atoms with Gasteiger partial charge in [-0.15, -0.1) is 5.11 Å². The Kier molecular flexibility index (Phi) is 5.03. The number of aromatic nitrogens is 1. The summed E-state index contributed by atoms with van der Waals surface area (Å²) in [6.07, 6.45) is 0. The third kappa shape index (κ3) is 3.92. The summed E-state index contributed by atoms with van der Waals surface area (Å²) in [7, 11) is 0. The summed E-state index contributed by atoms with van der Waals surface area (Å²) in [4.78, 5) is 16.3. The first-order valence-electron chi connectivity index (χ1n) is 8.07. The molecule has 3 rings (SSSR count). The van der Waals surface area contributed by atoms with E-state index < -0.39 is 5.91 Å². The minimum Gasteiger partial charge on any atom is -0.457 e. The van der Waals surface area contributed by atoms with Gasteiger partial charge >= 0.3 is 0 Å². The molecule has 6 heteroatoms. The number of aryl methyl sites for hydroxylation is 2. The highest BCUT2D eigenvalue weighted by atomic mass is 16.5. The normalized spacial score (nSPS) is 10.2. The van der Waals surface area contributed by atoms with E-state index in [2.05, 4.69) is 15.4 Å². The number of hydrogen-bond donors (Lipinski definition) is 2. The van der Waals surface area contributed by atoms with Crippen molar-refractivity contribution < 1.29 is 9.53 Å². The Morgan fingerprint density at radius 1 is 1.04 bits per heavy atom. The number of benzene rings is 2. The average molecular weight is 346 g/mol. The lowest BCUT2D eigenvalue weighted by molar-refractivity contribution is 0.0991. The average Bonchev–Trinajstić information content (AvgIpc) is 2.63. The Morgan fingerprint density at radius 2 is 1.69 bits per heavy atom. The molecule has 6 nitrogen and oxygen atoms in total. The fourth-order valence-electron chi connectivity index (χ4n) is 2.62. The van der Waals surface area contributed by atoms with Crippen LogP contribution >= 0.6 is 0 Å². The summed E-state index contributed by atoms with van der Waals surface area (Å²) in [5.41, 5.74) is 9.56. The number of carbonyl (C=O) groups is 1. The van der Waals surface area contributed by atoms with Crippen LogP contribution in [0.1, 0.15) is 21.6 Å². The highest BCUT2D eigenvalue weighted by Crippen LogP contribution is 2.26. The fraction of sp³-hybridized carbons (Fsp3) is 0.100. The first kappa shape index (κ1) is 17.3. The lowest BCUT2D eigenvalue weighted by Gasteiger charge is -2.13. The number of nitrogens with one attached hydrogen (secondary N) is 2. The Hall–Kier alpha value is -3.54. The second kappa shape index (κ2) is 7.57. The van der Waals surface area contributed by atoms with Gasteiger partial charge in [0.2, 0.25) is 0 Å². The summed E-state index contributed by atoms with van der Waals surface area (Å²) < 4.78 is 5.76. The highest BCUT2D eigenvalue weighted by Gasteiger charge is 2.16. The van der Waals surface area contributed by atoms with Crippen LogP contribution in [0.3, 0.4) is 0 Å². The fourth-order valence-corrected chi connectivity index (χ4v) is 2.62. The first-order chi connectivity index (χ1) is 12.6. The molecule has 0 radical (unpaired) electrons. The second-order valence-corrected chi connectivity index (χ2v) is 5.79. The predicted octanol–water partition coefficient (Wildman–Crippen LogP) is 5.41. The van der Waals surface area contributed by atoms with Crippen molar-refractivity contribution >= 4 is 17.4 Å². The number of ether oxygens (including phenoxy) is 1. The minimum absolute atomic E-state index is 0.301.